The van der Waals surface area contributed by atoms with Crippen LogP contribution in [0.2, 0.25) is 0 Å². The van der Waals surface area contributed by atoms with Crippen molar-refractivity contribution in [3.05, 3.63) is 0 Å². The van der Waals surface area contributed by atoms with Gasteiger partial charge in [0.15, 0.2) is 6.10 Å². The zero-order valence-electron chi connectivity index (χ0n) is 8.10. The number of alkyl halides is 3. The van der Waals surface area contributed by atoms with Gasteiger partial charge in [-0.1, -0.05) is 0 Å². The molecule has 0 rings (SSSR count). The van der Waals surface area contributed by atoms with Crippen molar-refractivity contribution in [2.45, 2.75) is 25.6 Å². The minimum atomic E-state index is -4.53. The molecule has 6 heteroatoms. The Morgan fingerprint density at radius 2 is 2.07 bits per heavy atom. The molecule has 1 atom stereocenters. The monoisotopic (exact) mass is 215 g/mol. The second kappa shape index (κ2) is 7.03. The second-order valence-corrected chi connectivity index (χ2v) is 2.81. The van der Waals surface area contributed by atoms with E-state index in [2.05, 4.69) is 5.32 Å². The second-order valence-electron chi connectivity index (χ2n) is 2.81. The van der Waals surface area contributed by atoms with Gasteiger partial charge in [0.2, 0.25) is 0 Å². The highest BCUT2D eigenvalue weighted by Gasteiger charge is 2.37. The van der Waals surface area contributed by atoms with E-state index in [0.29, 0.717) is 26.2 Å². The molecule has 0 saturated carbocycles. The molecule has 0 aliphatic carbocycles. The molecule has 0 aromatic rings. The summed E-state index contributed by atoms with van der Waals surface area (Å²) < 4.78 is 40.3. The molecule has 0 heterocycles. The van der Waals surface area contributed by atoms with Crippen LogP contribution in [-0.4, -0.2) is 43.7 Å². The summed E-state index contributed by atoms with van der Waals surface area (Å²) in [5.41, 5.74) is 0. The van der Waals surface area contributed by atoms with Crippen molar-refractivity contribution in [3.63, 3.8) is 0 Å². The predicted molar refractivity (Wildman–Crippen MR) is 46.0 cm³/mol. The summed E-state index contributed by atoms with van der Waals surface area (Å²) in [5.74, 6) is 0. The Morgan fingerprint density at radius 3 is 2.57 bits per heavy atom. The number of halogens is 3. The third kappa shape index (κ3) is 7.11. The molecule has 0 aromatic heterocycles. The van der Waals surface area contributed by atoms with Crippen molar-refractivity contribution >= 4 is 0 Å². The fourth-order valence-electron chi connectivity index (χ4n) is 0.798. The van der Waals surface area contributed by atoms with Gasteiger partial charge < -0.3 is 15.2 Å². The minimum Gasteiger partial charge on any atom is -0.382 e. The maximum absolute atomic E-state index is 11.8. The Morgan fingerprint density at radius 1 is 1.43 bits per heavy atom. The van der Waals surface area contributed by atoms with Crippen molar-refractivity contribution < 1.29 is 23.0 Å². The zero-order chi connectivity index (χ0) is 11.0. The van der Waals surface area contributed by atoms with Gasteiger partial charge in [-0.25, -0.2) is 0 Å². The van der Waals surface area contributed by atoms with Gasteiger partial charge in [0.1, 0.15) is 0 Å². The molecule has 0 aliphatic heterocycles. The largest absolute Gasteiger partial charge is 0.415 e. The summed E-state index contributed by atoms with van der Waals surface area (Å²) in [5, 5.41) is 11.1. The van der Waals surface area contributed by atoms with Crippen LogP contribution in [0, 0.1) is 0 Å². The molecule has 0 saturated heterocycles. The first kappa shape index (κ1) is 13.7. The molecule has 0 amide bonds. The average molecular weight is 215 g/mol. The SMILES string of the molecule is CCOCCCNCC(O)C(F)(F)F. The smallest absolute Gasteiger partial charge is 0.382 e. The summed E-state index contributed by atoms with van der Waals surface area (Å²) in [6.07, 6.45) is -6.18. The number of rotatable bonds is 7. The minimum absolute atomic E-state index is 0.410. The molecule has 86 valence electrons. The highest BCUT2D eigenvalue weighted by molar-refractivity contribution is 4.67. The molecule has 14 heavy (non-hydrogen) atoms. The van der Waals surface area contributed by atoms with E-state index in [1.807, 2.05) is 6.92 Å². The summed E-state index contributed by atoms with van der Waals surface area (Å²) in [4.78, 5) is 0. The van der Waals surface area contributed by atoms with Crippen molar-refractivity contribution in [1.82, 2.24) is 5.32 Å². The van der Waals surface area contributed by atoms with E-state index in [9.17, 15) is 13.2 Å². The van der Waals surface area contributed by atoms with Crippen LogP contribution < -0.4 is 5.32 Å². The molecule has 0 spiro atoms. The molecule has 0 radical (unpaired) electrons. The number of aliphatic hydroxyl groups excluding tert-OH is 1. The van der Waals surface area contributed by atoms with E-state index >= 15 is 0 Å². The molecular formula is C8H16F3NO2. The third-order valence-corrected chi connectivity index (χ3v) is 1.56. The van der Waals surface area contributed by atoms with E-state index in [1.54, 1.807) is 0 Å². The summed E-state index contributed by atoms with van der Waals surface area (Å²) >= 11 is 0. The van der Waals surface area contributed by atoms with Crippen molar-refractivity contribution in [3.8, 4) is 0 Å². The van der Waals surface area contributed by atoms with Crippen LogP contribution in [0.5, 0.6) is 0 Å². The maximum Gasteiger partial charge on any atom is 0.415 e. The van der Waals surface area contributed by atoms with Crippen LogP contribution in [-0.2, 0) is 4.74 Å². The third-order valence-electron chi connectivity index (χ3n) is 1.56. The van der Waals surface area contributed by atoms with Gasteiger partial charge in [0.05, 0.1) is 0 Å². The van der Waals surface area contributed by atoms with E-state index in [0.717, 1.165) is 0 Å². The first-order valence-electron chi connectivity index (χ1n) is 4.51. The van der Waals surface area contributed by atoms with Crippen LogP contribution in [0.15, 0.2) is 0 Å². The van der Waals surface area contributed by atoms with E-state index in [4.69, 9.17) is 9.84 Å². The van der Waals surface area contributed by atoms with Crippen LogP contribution in [0.4, 0.5) is 13.2 Å². The van der Waals surface area contributed by atoms with Gasteiger partial charge in [0, 0.05) is 19.8 Å². The van der Waals surface area contributed by atoms with Gasteiger partial charge in [-0.15, -0.1) is 0 Å². The predicted octanol–water partition coefficient (Wildman–Crippen LogP) is 0.926. The lowest BCUT2D eigenvalue weighted by molar-refractivity contribution is -0.201. The van der Waals surface area contributed by atoms with Gasteiger partial charge in [0.25, 0.3) is 0 Å². The molecule has 2 N–H and O–H groups in total. The number of hydrogen-bond acceptors (Lipinski definition) is 3. The highest BCUT2D eigenvalue weighted by atomic mass is 19.4. The maximum atomic E-state index is 11.8. The van der Waals surface area contributed by atoms with Gasteiger partial charge >= 0.3 is 6.18 Å². The summed E-state index contributed by atoms with van der Waals surface area (Å²) in [7, 11) is 0. The van der Waals surface area contributed by atoms with Crippen LogP contribution in [0.25, 0.3) is 0 Å². The molecule has 0 fully saturated rings. The topological polar surface area (TPSA) is 41.5 Å². The Hall–Kier alpha value is -0.330. The zero-order valence-corrected chi connectivity index (χ0v) is 8.10. The molecule has 0 aromatic carbocycles. The lowest BCUT2D eigenvalue weighted by Crippen LogP contribution is -2.38. The molecule has 0 aliphatic rings. The van der Waals surface area contributed by atoms with Crippen LogP contribution >= 0.6 is 0 Å². The Labute approximate surface area is 81.2 Å². The van der Waals surface area contributed by atoms with Gasteiger partial charge in [-0.05, 0) is 19.9 Å². The molecule has 3 nitrogen and oxygen atoms in total. The van der Waals surface area contributed by atoms with E-state index in [1.165, 1.54) is 0 Å². The number of aliphatic hydroxyl groups is 1. The lowest BCUT2D eigenvalue weighted by Gasteiger charge is -2.14. The van der Waals surface area contributed by atoms with Crippen LogP contribution in [0.1, 0.15) is 13.3 Å². The fourth-order valence-corrected chi connectivity index (χ4v) is 0.798. The van der Waals surface area contributed by atoms with Gasteiger partial charge in [-0.3, -0.25) is 0 Å². The fraction of sp³-hybridized carbons (Fsp3) is 1.00. The Balaban J connectivity index is 3.28. The molecular weight excluding hydrogens is 199 g/mol. The van der Waals surface area contributed by atoms with Crippen molar-refractivity contribution in [2.75, 3.05) is 26.3 Å². The van der Waals surface area contributed by atoms with E-state index < -0.39 is 18.8 Å². The first-order chi connectivity index (χ1) is 6.48. The number of nitrogens with one attached hydrogen (secondary N) is 1. The highest BCUT2D eigenvalue weighted by Crippen LogP contribution is 2.18. The Kier molecular flexibility index (Phi) is 6.86. The normalized spacial score (nSPS) is 14.4. The lowest BCUT2D eigenvalue weighted by atomic mass is 10.3. The number of ether oxygens (including phenoxy) is 1. The van der Waals surface area contributed by atoms with E-state index in [-0.39, 0.29) is 0 Å². The molecule has 1 unspecified atom stereocenters. The number of hydrogen-bond donors (Lipinski definition) is 2. The summed E-state index contributed by atoms with van der Waals surface area (Å²) in [6.45, 7) is 2.92. The van der Waals surface area contributed by atoms with Gasteiger partial charge in [-0.2, -0.15) is 13.2 Å². The van der Waals surface area contributed by atoms with Crippen LogP contribution in [0.3, 0.4) is 0 Å². The molecule has 0 bridgehead atoms. The quantitative estimate of drug-likeness (QED) is 0.621. The average Bonchev–Trinajstić information content (AvgIpc) is 2.09. The standard InChI is InChI=1S/C8H16F3NO2/c1-2-14-5-3-4-12-6-7(13)8(9,10)11/h7,12-13H,2-6H2,1H3. The first-order valence-corrected chi connectivity index (χ1v) is 4.51. The van der Waals surface area contributed by atoms with Crippen molar-refractivity contribution in [2.24, 2.45) is 0 Å². The van der Waals surface area contributed by atoms with Crippen molar-refractivity contribution in [1.29, 1.82) is 0 Å². The summed E-state index contributed by atoms with van der Waals surface area (Å²) in [6, 6.07) is 0. The Bertz CT molecular complexity index is 141.